The van der Waals surface area contributed by atoms with Crippen molar-refractivity contribution < 1.29 is 19.4 Å². The number of benzene rings is 2. The summed E-state index contributed by atoms with van der Waals surface area (Å²) in [5.74, 6) is -0.744. The Kier molecular flexibility index (Phi) is 7.47. The zero-order chi connectivity index (χ0) is 26.8. The lowest BCUT2D eigenvalue weighted by atomic mass is 9.62. The number of amides is 2. The summed E-state index contributed by atoms with van der Waals surface area (Å²) < 4.78 is 0. The molecule has 1 aliphatic carbocycles. The highest BCUT2D eigenvalue weighted by Gasteiger charge is 2.42. The van der Waals surface area contributed by atoms with Crippen LogP contribution in [0.25, 0.3) is 0 Å². The van der Waals surface area contributed by atoms with E-state index in [1.807, 2.05) is 6.92 Å². The molecule has 10 nitrogen and oxygen atoms in total. The summed E-state index contributed by atoms with van der Waals surface area (Å²) in [6, 6.07) is 8.68. The summed E-state index contributed by atoms with van der Waals surface area (Å²) >= 11 is 0. The largest absolute Gasteiger partial charge is 0.351 e. The number of hydrogen-bond acceptors (Lipinski definition) is 6. The van der Waals surface area contributed by atoms with E-state index in [1.165, 1.54) is 24.3 Å². The number of nitro benzene ring substituents is 2. The van der Waals surface area contributed by atoms with E-state index in [9.17, 15) is 29.8 Å². The molecule has 0 spiro atoms. The summed E-state index contributed by atoms with van der Waals surface area (Å²) in [6.07, 6.45) is 2.13. The summed E-state index contributed by atoms with van der Waals surface area (Å²) in [5, 5.41) is 28.5. The quantitative estimate of drug-likeness (QED) is 0.413. The van der Waals surface area contributed by atoms with Crippen molar-refractivity contribution in [3.05, 3.63) is 78.9 Å². The van der Waals surface area contributed by atoms with Crippen LogP contribution in [-0.2, 0) is 0 Å². The van der Waals surface area contributed by atoms with Crippen molar-refractivity contribution in [1.29, 1.82) is 0 Å². The van der Waals surface area contributed by atoms with E-state index >= 15 is 0 Å². The Bertz CT molecular complexity index is 1220. The fourth-order valence-electron chi connectivity index (χ4n) is 5.66. The van der Waals surface area contributed by atoms with Gasteiger partial charge in [-0.2, -0.15) is 0 Å². The van der Waals surface area contributed by atoms with Crippen LogP contribution >= 0.6 is 0 Å². The molecule has 0 heterocycles. The van der Waals surface area contributed by atoms with Crippen molar-refractivity contribution >= 4 is 23.2 Å². The van der Waals surface area contributed by atoms with Gasteiger partial charge in [-0.3, -0.25) is 29.8 Å². The molecular weight excluding hydrogens is 464 g/mol. The van der Waals surface area contributed by atoms with Crippen molar-refractivity contribution in [2.45, 2.75) is 59.9 Å². The van der Waals surface area contributed by atoms with Gasteiger partial charge in [-0.25, -0.2) is 0 Å². The van der Waals surface area contributed by atoms with Gasteiger partial charge in [0.05, 0.1) is 9.85 Å². The minimum Gasteiger partial charge on any atom is -0.351 e. The number of nitro groups is 2. The number of carbonyl (C=O) groups excluding carboxylic acids is 2. The molecule has 0 saturated heterocycles. The lowest BCUT2D eigenvalue weighted by Gasteiger charge is -2.47. The molecular formula is C26H32N4O6. The fraction of sp³-hybridized carbons (Fsp3) is 0.462. The average molecular weight is 497 g/mol. The topological polar surface area (TPSA) is 144 Å². The van der Waals surface area contributed by atoms with Crippen LogP contribution in [-0.4, -0.2) is 34.2 Å². The van der Waals surface area contributed by atoms with Crippen LogP contribution in [0.4, 0.5) is 11.4 Å². The molecule has 0 bridgehead atoms. The van der Waals surface area contributed by atoms with E-state index in [1.54, 1.807) is 26.0 Å². The zero-order valence-electron chi connectivity index (χ0n) is 21.2. The van der Waals surface area contributed by atoms with E-state index in [0.717, 1.165) is 12.8 Å². The second kappa shape index (κ2) is 10.0. The van der Waals surface area contributed by atoms with Gasteiger partial charge in [-0.05, 0) is 56.1 Å². The SMILES string of the molecule is Cc1c(C(=O)NC[C@@]2(C)C[C@H](NC(=O)c3cccc([N+](=O)[O-])c3C)CC(C)(C)C2)cccc1[N+](=O)[O-]. The first-order valence-corrected chi connectivity index (χ1v) is 11.8. The Hall–Kier alpha value is -3.82. The summed E-state index contributed by atoms with van der Waals surface area (Å²) in [4.78, 5) is 47.4. The lowest BCUT2D eigenvalue weighted by molar-refractivity contribution is -0.385. The molecule has 10 heteroatoms. The molecule has 0 radical (unpaired) electrons. The van der Waals surface area contributed by atoms with Crippen molar-refractivity contribution in [3.63, 3.8) is 0 Å². The second-order valence-corrected chi connectivity index (χ2v) is 10.8. The van der Waals surface area contributed by atoms with Crippen molar-refractivity contribution in [1.82, 2.24) is 10.6 Å². The molecule has 2 N–H and O–H groups in total. The highest BCUT2D eigenvalue weighted by Crippen LogP contribution is 2.46. The molecule has 0 aromatic heterocycles. The monoisotopic (exact) mass is 496 g/mol. The molecule has 36 heavy (non-hydrogen) atoms. The molecule has 2 atom stereocenters. The molecule has 0 aliphatic heterocycles. The molecule has 1 aliphatic rings. The zero-order valence-corrected chi connectivity index (χ0v) is 21.2. The Morgan fingerprint density at radius 3 is 1.89 bits per heavy atom. The smallest absolute Gasteiger partial charge is 0.273 e. The standard InChI is InChI=1S/C26H32N4O6/c1-16-19(8-6-10-21(16)29(33)34)23(31)27-15-26(5)13-18(12-25(3,4)14-26)28-24(32)20-9-7-11-22(17(20)2)30(35)36/h6-11,18H,12-15H2,1-5H3,(H,27,31)(H,28,32)/t18-,26+/m1/s1. The van der Waals surface area contributed by atoms with E-state index in [0.29, 0.717) is 24.1 Å². The van der Waals surface area contributed by atoms with E-state index < -0.39 is 9.85 Å². The summed E-state index contributed by atoms with van der Waals surface area (Å²) in [7, 11) is 0. The minimum absolute atomic E-state index is 0.101. The maximum Gasteiger partial charge on any atom is 0.273 e. The van der Waals surface area contributed by atoms with Gasteiger partial charge in [0.2, 0.25) is 0 Å². The normalized spacial score (nSPS) is 20.9. The van der Waals surface area contributed by atoms with Gasteiger partial charge in [0.25, 0.3) is 23.2 Å². The molecule has 2 aromatic carbocycles. The van der Waals surface area contributed by atoms with Gasteiger partial charge < -0.3 is 10.6 Å². The van der Waals surface area contributed by atoms with Crippen LogP contribution in [0, 0.1) is 44.9 Å². The van der Waals surface area contributed by atoms with E-state index in [2.05, 4.69) is 24.5 Å². The van der Waals surface area contributed by atoms with Gasteiger partial charge in [-0.1, -0.05) is 32.9 Å². The Morgan fingerprint density at radius 2 is 1.39 bits per heavy atom. The predicted octanol–water partition coefficient (Wildman–Crippen LogP) is 4.86. The highest BCUT2D eigenvalue weighted by atomic mass is 16.6. The number of nitrogens with one attached hydrogen (secondary N) is 2. The van der Waals surface area contributed by atoms with E-state index in [4.69, 9.17) is 0 Å². The first-order chi connectivity index (χ1) is 16.7. The fourth-order valence-corrected chi connectivity index (χ4v) is 5.66. The van der Waals surface area contributed by atoms with Crippen molar-refractivity contribution in [2.24, 2.45) is 10.8 Å². The van der Waals surface area contributed by atoms with Crippen molar-refractivity contribution in [3.8, 4) is 0 Å². The average Bonchev–Trinajstić information content (AvgIpc) is 2.76. The number of carbonyl (C=O) groups is 2. The van der Waals surface area contributed by atoms with Crippen LogP contribution in [0.5, 0.6) is 0 Å². The lowest BCUT2D eigenvalue weighted by Crippen LogP contribution is -2.50. The highest BCUT2D eigenvalue weighted by molar-refractivity contribution is 5.97. The number of rotatable bonds is 7. The Labute approximate surface area is 209 Å². The Balaban J connectivity index is 1.74. The third-order valence-corrected chi connectivity index (χ3v) is 6.95. The summed E-state index contributed by atoms with van der Waals surface area (Å²) in [6.45, 7) is 9.71. The molecule has 3 rings (SSSR count). The number of hydrogen-bond donors (Lipinski definition) is 2. The number of nitrogens with zero attached hydrogens (tertiary/aromatic N) is 2. The van der Waals surface area contributed by atoms with E-state index in [-0.39, 0.29) is 51.2 Å². The van der Waals surface area contributed by atoms with Crippen LogP contribution in [0.15, 0.2) is 36.4 Å². The molecule has 1 saturated carbocycles. The first-order valence-electron chi connectivity index (χ1n) is 11.8. The van der Waals surface area contributed by atoms with Crippen LogP contribution < -0.4 is 10.6 Å². The Morgan fingerprint density at radius 1 is 0.889 bits per heavy atom. The predicted molar refractivity (Wildman–Crippen MR) is 135 cm³/mol. The van der Waals surface area contributed by atoms with Gasteiger partial charge in [-0.15, -0.1) is 0 Å². The third-order valence-electron chi connectivity index (χ3n) is 6.95. The maximum atomic E-state index is 13.0. The second-order valence-electron chi connectivity index (χ2n) is 10.8. The van der Waals surface area contributed by atoms with Gasteiger partial charge in [0.1, 0.15) is 0 Å². The third kappa shape index (κ3) is 5.87. The molecule has 0 unspecified atom stereocenters. The van der Waals surface area contributed by atoms with Crippen molar-refractivity contribution in [2.75, 3.05) is 6.54 Å². The van der Waals surface area contributed by atoms with Crippen LogP contribution in [0.2, 0.25) is 0 Å². The molecule has 2 amide bonds. The maximum absolute atomic E-state index is 13.0. The van der Waals surface area contributed by atoms with Crippen LogP contribution in [0.3, 0.4) is 0 Å². The van der Waals surface area contributed by atoms with Gasteiger partial charge >= 0.3 is 0 Å². The summed E-state index contributed by atoms with van der Waals surface area (Å²) in [5.41, 5.74) is 0.473. The first kappa shape index (κ1) is 26.8. The minimum atomic E-state index is -0.507. The molecule has 2 aromatic rings. The molecule has 1 fully saturated rings. The van der Waals surface area contributed by atoms with Crippen LogP contribution in [0.1, 0.15) is 71.9 Å². The van der Waals surface area contributed by atoms with Gasteiger partial charge in [0.15, 0.2) is 0 Å². The van der Waals surface area contributed by atoms with Gasteiger partial charge in [0, 0.05) is 47.0 Å². The molecule has 192 valence electrons.